The molecule has 2 aromatic carbocycles. The van der Waals surface area contributed by atoms with Crippen molar-refractivity contribution in [1.29, 1.82) is 0 Å². The maximum Gasteiger partial charge on any atom is 0.195 e. The highest BCUT2D eigenvalue weighted by molar-refractivity contribution is 6.16. The summed E-state index contributed by atoms with van der Waals surface area (Å²) in [5.41, 5.74) is 4.51. The SMILES string of the molecule is COc1ccc2[nH]cc(C(=O)c3cc(C)cc(C)c3)c2c1. The van der Waals surface area contributed by atoms with E-state index in [4.69, 9.17) is 4.74 Å². The van der Waals surface area contributed by atoms with Crippen molar-refractivity contribution in [2.24, 2.45) is 0 Å². The van der Waals surface area contributed by atoms with E-state index in [0.29, 0.717) is 5.56 Å². The zero-order valence-electron chi connectivity index (χ0n) is 12.4. The highest BCUT2D eigenvalue weighted by atomic mass is 16.5. The van der Waals surface area contributed by atoms with Crippen LogP contribution in [0.15, 0.2) is 42.6 Å². The second-order valence-corrected chi connectivity index (χ2v) is 5.32. The van der Waals surface area contributed by atoms with Gasteiger partial charge in [-0.1, -0.05) is 17.2 Å². The minimum atomic E-state index is 0.0290. The Morgan fingerprint density at radius 3 is 2.43 bits per heavy atom. The number of fused-ring (bicyclic) bond motifs is 1. The molecule has 3 nitrogen and oxygen atoms in total. The first kappa shape index (κ1) is 13.4. The molecule has 21 heavy (non-hydrogen) atoms. The average molecular weight is 279 g/mol. The number of rotatable bonds is 3. The minimum absolute atomic E-state index is 0.0290. The van der Waals surface area contributed by atoms with E-state index < -0.39 is 0 Å². The van der Waals surface area contributed by atoms with Crippen molar-refractivity contribution in [3.8, 4) is 5.75 Å². The molecule has 3 heteroatoms. The molecular weight excluding hydrogens is 262 g/mol. The summed E-state index contributed by atoms with van der Waals surface area (Å²) in [6, 6.07) is 11.6. The van der Waals surface area contributed by atoms with Crippen molar-refractivity contribution < 1.29 is 9.53 Å². The summed E-state index contributed by atoms with van der Waals surface area (Å²) in [7, 11) is 1.62. The molecule has 0 aliphatic rings. The fourth-order valence-corrected chi connectivity index (χ4v) is 2.68. The Hall–Kier alpha value is -2.55. The zero-order valence-corrected chi connectivity index (χ0v) is 12.4. The van der Waals surface area contributed by atoms with Crippen LogP contribution in [-0.2, 0) is 0 Å². The van der Waals surface area contributed by atoms with Crippen molar-refractivity contribution in [2.75, 3.05) is 7.11 Å². The Labute approximate surface area is 123 Å². The Bertz CT molecular complexity index is 810. The highest BCUT2D eigenvalue weighted by Crippen LogP contribution is 2.26. The average Bonchev–Trinajstić information content (AvgIpc) is 2.88. The van der Waals surface area contributed by atoms with Crippen LogP contribution in [0.3, 0.4) is 0 Å². The third-order valence-electron chi connectivity index (χ3n) is 3.62. The highest BCUT2D eigenvalue weighted by Gasteiger charge is 2.15. The molecule has 0 aliphatic carbocycles. The standard InChI is InChI=1S/C18H17NO2/c1-11-6-12(2)8-13(7-11)18(20)16-10-19-17-5-4-14(21-3)9-15(16)17/h4-10,19H,1-3H3. The molecule has 1 aromatic heterocycles. The van der Waals surface area contributed by atoms with Gasteiger partial charge in [0, 0.05) is 28.2 Å². The molecule has 106 valence electrons. The number of aromatic amines is 1. The Morgan fingerprint density at radius 1 is 1.05 bits per heavy atom. The van der Waals surface area contributed by atoms with Gasteiger partial charge in [-0.15, -0.1) is 0 Å². The largest absolute Gasteiger partial charge is 0.497 e. The third kappa shape index (κ3) is 2.42. The molecule has 3 rings (SSSR count). The number of carbonyl (C=O) groups excluding carboxylic acids is 1. The lowest BCUT2D eigenvalue weighted by Gasteiger charge is -2.04. The van der Waals surface area contributed by atoms with Gasteiger partial charge in [-0.25, -0.2) is 0 Å². The van der Waals surface area contributed by atoms with Crippen LogP contribution in [-0.4, -0.2) is 17.9 Å². The predicted molar refractivity (Wildman–Crippen MR) is 84.2 cm³/mol. The third-order valence-corrected chi connectivity index (χ3v) is 3.62. The number of hydrogen-bond acceptors (Lipinski definition) is 2. The van der Waals surface area contributed by atoms with E-state index in [-0.39, 0.29) is 5.78 Å². The lowest BCUT2D eigenvalue weighted by molar-refractivity contribution is 0.104. The number of nitrogens with one attached hydrogen (secondary N) is 1. The van der Waals surface area contributed by atoms with Gasteiger partial charge in [-0.2, -0.15) is 0 Å². The summed E-state index contributed by atoms with van der Waals surface area (Å²) in [4.78, 5) is 15.9. The van der Waals surface area contributed by atoms with Crippen LogP contribution in [0.5, 0.6) is 5.75 Å². The van der Waals surface area contributed by atoms with Crippen LogP contribution in [0.4, 0.5) is 0 Å². The number of aromatic nitrogens is 1. The Kier molecular flexibility index (Phi) is 3.26. The van der Waals surface area contributed by atoms with Gasteiger partial charge in [0.15, 0.2) is 5.78 Å². The van der Waals surface area contributed by atoms with Gasteiger partial charge in [-0.3, -0.25) is 4.79 Å². The van der Waals surface area contributed by atoms with Gasteiger partial charge in [0.05, 0.1) is 7.11 Å². The molecule has 0 unspecified atom stereocenters. The number of H-pyrrole nitrogens is 1. The number of carbonyl (C=O) groups is 1. The number of hydrogen-bond donors (Lipinski definition) is 1. The van der Waals surface area contributed by atoms with Crippen LogP contribution in [0.1, 0.15) is 27.0 Å². The molecule has 0 spiro atoms. The van der Waals surface area contributed by atoms with Gasteiger partial charge in [0.25, 0.3) is 0 Å². The fourth-order valence-electron chi connectivity index (χ4n) is 2.68. The summed E-state index contributed by atoms with van der Waals surface area (Å²) < 4.78 is 5.25. The quantitative estimate of drug-likeness (QED) is 0.736. The number of aryl methyl sites for hydroxylation is 2. The number of ether oxygens (including phenoxy) is 1. The van der Waals surface area contributed by atoms with Crippen LogP contribution in [0, 0.1) is 13.8 Å². The summed E-state index contributed by atoms with van der Waals surface area (Å²) in [5, 5.41) is 0.888. The molecule has 0 saturated heterocycles. The van der Waals surface area contributed by atoms with E-state index in [2.05, 4.69) is 11.1 Å². The van der Waals surface area contributed by atoms with Crippen molar-refractivity contribution in [2.45, 2.75) is 13.8 Å². The first-order chi connectivity index (χ1) is 10.1. The van der Waals surface area contributed by atoms with Crippen molar-refractivity contribution >= 4 is 16.7 Å². The van der Waals surface area contributed by atoms with E-state index in [1.165, 1.54) is 0 Å². The Balaban J connectivity index is 2.13. The van der Waals surface area contributed by atoms with Gasteiger partial charge in [-0.05, 0) is 44.2 Å². The maximum atomic E-state index is 12.8. The lowest BCUT2D eigenvalue weighted by atomic mass is 9.99. The van der Waals surface area contributed by atoms with Crippen molar-refractivity contribution in [3.63, 3.8) is 0 Å². The molecule has 0 radical (unpaired) electrons. The normalized spacial score (nSPS) is 10.8. The molecule has 1 N–H and O–H groups in total. The summed E-state index contributed by atoms with van der Waals surface area (Å²) in [6.07, 6.45) is 1.77. The molecule has 3 aromatic rings. The van der Waals surface area contributed by atoms with Gasteiger partial charge in [0.1, 0.15) is 5.75 Å². The summed E-state index contributed by atoms with van der Waals surface area (Å²) >= 11 is 0. The molecule has 0 amide bonds. The minimum Gasteiger partial charge on any atom is -0.497 e. The van der Waals surface area contributed by atoms with E-state index >= 15 is 0 Å². The zero-order chi connectivity index (χ0) is 15.0. The first-order valence-electron chi connectivity index (χ1n) is 6.86. The van der Waals surface area contributed by atoms with Gasteiger partial charge >= 0.3 is 0 Å². The molecule has 1 heterocycles. The molecule has 0 bridgehead atoms. The van der Waals surface area contributed by atoms with E-state index in [1.54, 1.807) is 13.3 Å². The Morgan fingerprint density at radius 2 is 1.76 bits per heavy atom. The van der Waals surface area contributed by atoms with Gasteiger partial charge in [0.2, 0.25) is 0 Å². The smallest absolute Gasteiger partial charge is 0.195 e. The van der Waals surface area contributed by atoms with E-state index in [0.717, 1.165) is 33.3 Å². The first-order valence-corrected chi connectivity index (χ1v) is 6.86. The van der Waals surface area contributed by atoms with E-state index in [1.807, 2.05) is 44.2 Å². The summed E-state index contributed by atoms with van der Waals surface area (Å²) in [6.45, 7) is 4.00. The molecular formula is C18H17NO2. The number of benzene rings is 2. The number of ketones is 1. The predicted octanol–water partition coefficient (Wildman–Crippen LogP) is 4.02. The van der Waals surface area contributed by atoms with Crippen LogP contribution < -0.4 is 4.74 Å². The topological polar surface area (TPSA) is 42.1 Å². The van der Waals surface area contributed by atoms with Crippen molar-refractivity contribution in [3.05, 3.63) is 64.8 Å². The van der Waals surface area contributed by atoms with Crippen LogP contribution in [0.2, 0.25) is 0 Å². The van der Waals surface area contributed by atoms with E-state index in [9.17, 15) is 4.79 Å². The molecule has 0 aliphatic heterocycles. The second kappa shape index (κ2) is 5.09. The maximum absolute atomic E-state index is 12.8. The fraction of sp³-hybridized carbons (Fsp3) is 0.167. The van der Waals surface area contributed by atoms with Crippen molar-refractivity contribution in [1.82, 2.24) is 4.98 Å². The molecule has 0 fully saturated rings. The number of methoxy groups -OCH3 is 1. The van der Waals surface area contributed by atoms with Crippen LogP contribution in [0.25, 0.3) is 10.9 Å². The molecule has 0 atom stereocenters. The second-order valence-electron chi connectivity index (χ2n) is 5.32. The van der Waals surface area contributed by atoms with Crippen LogP contribution >= 0.6 is 0 Å². The van der Waals surface area contributed by atoms with Gasteiger partial charge < -0.3 is 9.72 Å². The monoisotopic (exact) mass is 279 g/mol. The lowest BCUT2D eigenvalue weighted by Crippen LogP contribution is -2.01. The molecule has 0 saturated carbocycles. The summed E-state index contributed by atoms with van der Waals surface area (Å²) in [5.74, 6) is 0.776.